The van der Waals surface area contributed by atoms with E-state index >= 15 is 0 Å². The maximum absolute atomic E-state index is 12.9. The molecule has 0 fully saturated rings. The highest BCUT2D eigenvalue weighted by atomic mass is 31.2. The SMILES string of the molecule is CCOP(=O)(Cc1cc(OC)c(CP(=O)(OCC)OCC)cc1OC)OCC. The third-order valence-electron chi connectivity index (χ3n) is 3.71. The zero-order valence-corrected chi connectivity index (χ0v) is 19.3. The number of methoxy groups -OCH3 is 2. The smallest absolute Gasteiger partial charge is 0.335 e. The van der Waals surface area contributed by atoms with Gasteiger partial charge in [0.15, 0.2) is 0 Å². The summed E-state index contributed by atoms with van der Waals surface area (Å²) in [5, 5.41) is 0. The van der Waals surface area contributed by atoms with Crippen LogP contribution >= 0.6 is 15.2 Å². The lowest BCUT2D eigenvalue weighted by molar-refractivity contribution is 0.217. The van der Waals surface area contributed by atoms with Crippen LogP contribution in [0.5, 0.6) is 11.5 Å². The van der Waals surface area contributed by atoms with Crippen molar-refractivity contribution in [2.45, 2.75) is 40.0 Å². The molecule has 162 valence electrons. The van der Waals surface area contributed by atoms with E-state index in [4.69, 9.17) is 27.6 Å². The van der Waals surface area contributed by atoms with Gasteiger partial charge in [-0.2, -0.15) is 0 Å². The Morgan fingerprint density at radius 3 is 1.14 bits per heavy atom. The summed E-state index contributed by atoms with van der Waals surface area (Å²) in [6.07, 6.45) is 0.0617. The molecular weight excluding hydrogens is 406 g/mol. The minimum absolute atomic E-state index is 0.0308. The van der Waals surface area contributed by atoms with E-state index in [0.29, 0.717) is 22.6 Å². The second-order valence-electron chi connectivity index (χ2n) is 5.69. The second kappa shape index (κ2) is 12.0. The van der Waals surface area contributed by atoms with Crippen LogP contribution in [-0.4, -0.2) is 40.6 Å². The zero-order chi connectivity index (χ0) is 21.2. The van der Waals surface area contributed by atoms with Gasteiger partial charge in [-0.15, -0.1) is 0 Å². The van der Waals surface area contributed by atoms with Crippen molar-refractivity contribution >= 4 is 15.2 Å². The van der Waals surface area contributed by atoms with Gasteiger partial charge < -0.3 is 27.6 Å². The molecule has 0 aromatic heterocycles. The maximum Gasteiger partial charge on any atom is 0.335 e. The van der Waals surface area contributed by atoms with Crippen LogP contribution < -0.4 is 9.47 Å². The third kappa shape index (κ3) is 7.18. The fourth-order valence-electron chi connectivity index (χ4n) is 2.73. The Morgan fingerprint density at radius 1 is 0.643 bits per heavy atom. The molecule has 1 rings (SSSR count). The summed E-state index contributed by atoms with van der Waals surface area (Å²) in [7, 11) is -3.65. The van der Waals surface area contributed by atoms with Gasteiger partial charge in [0, 0.05) is 11.1 Å². The maximum atomic E-state index is 12.9. The van der Waals surface area contributed by atoms with E-state index in [0.717, 1.165) is 0 Å². The second-order valence-corrected chi connectivity index (χ2v) is 9.79. The van der Waals surface area contributed by atoms with Gasteiger partial charge in [-0.05, 0) is 39.8 Å². The molecule has 28 heavy (non-hydrogen) atoms. The Kier molecular flexibility index (Phi) is 10.7. The lowest BCUT2D eigenvalue weighted by Gasteiger charge is -2.22. The Balaban J connectivity index is 3.31. The van der Waals surface area contributed by atoms with E-state index < -0.39 is 15.2 Å². The highest BCUT2D eigenvalue weighted by Crippen LogP contribution is 2.55. The van der Waals surface area contributed by atoms with Gasteiger partial charge in [0.2, 0.25) is 0 Å². The van der Waals surface area contributed by atoms with E-state index in [2.05, 4.69) is 0 Å². The summed E-state index contributed by atoms with van der Waals surface area (Å²) >= 11 is 0. The highest BCUT2D eigenvalue weighted by Gasteiger charge is 2.30. The molecule has 0 N–H and O–H groups in total. The van der Waals surface area contributed by atoms with Crippen molar-refractivity contribution in [2.24, 2.45) is 0 Å². The van der Waals surface area contributed by atoms with E-state index in [1.807, 2.05) is 0 Å². The molecule has 0 unspecified atom stereocenters. The fourth-order valence-corrected chi connectivity index (χ4v) is 6.15. The number of rotatable bonds is 14. The Bertz CT molecular complexity index is 627. The van der Waals surface area contributed by atoms with Gasteiger partial charge in [-0.1, -0.05) is 0 Å². The largest absolute Gasteiger partial charge is 0.496 e. The van der Waals surface area contributed by atoms with Gasteiger partial charge in [-0.3, -0.25) is 9.13 Å². The molecule has 0 heterocycles. The lowest BCUT2D eigenvalue weighted by atomic mass is 10.1. The average molecular weight is 438 g/mol. The fraction of sp³-hybridized carbons (Fsp3) is 0.667. The number of benzene rings is 1. The van der Waals surface area contributed by atoms with Crippen molar-refractivity contribution in [3.8, 4) is 11.5 Å². The van der Waals surface area contributed by atoms with Crippen LogP contribution in [0.2, 0.25) is 0 Å². The molecular formula is C18H32O8P2. The van der Waals surface area contributed by atoms with Crippen LogP contribution in [0.1, 0.15) is 38.8 Å². The summed E-state index contributed by atoms with van der Waals surface area (Å²) in [4.78, 5) is 0. The van der Waals surface area contributed by atoms with E-state index in [-0.39, 0.29) is 38.8 Å². The minimum Gasteiger partial charge on any atom is -0.496 e. The zero-order valence-electron chi connectivity index (χ0n) is 17.6. The van der Waals surface area contributed by atoms with E-state index in [1.165, 1.54) is 14.2 Å². The van der Waals surface area contributed by atoms with Crippen molar-refractivity contribution in [2.75, 3.05) is 40.6 Å². The molecule has 0 aliphatic carbocycles. The van der Waals surface area contributed by atoms with Gasteiger partial charge in [0.1, 0.15) is 11.5 Å². The quantitative estimate of drug-likeness (QED) is 0.365. The molecule has 0 amide bonds. The van der Waals surface area contributed by atoms with Crippen LogP contribution in [0.15, 0.2) is 12.1 Å². The Hall–Kier alpha value is -0.880. The Morgan fingerprint density at radius 2 is 0.929 bits per heavy atom. The van der Waals surface area contributed by atoms with E-state index in [9.17, 15) is 9.13 Å². The Labute approximate surface area is 167 Å². The minimum atomic E-state index is -3.33. The summed E-state index contributed by atoms with van der Waals surface area (Å²) in [6, 6.07) is 3.39. The topological polar surface area (TPSA) is 89.5 Å². The van der Waals surface area contributed by atoms with Gasteiger partial charge in [0.05, 0.1) is 53.0 Å². The molecule has 0 aliphatic heterocycles. The molecule has 0 bridgehead atoms. The summed E-state index contributed by atoms with van der Waals surface area (Å²) in [5.74, 6) is 0.935. The van der Waals surface area contributed by atoms with Crippen molar-refractivity contribution in [1.82, 2.24) is 0 Å². The molecule has 0 radical (unpaired) electrons. The van der Waals surface area contributed by atoms with Crippen LogP contribution in [0, 0.1) is 0 Å². The summed E-state index contributed by atoms with van der Waals surface area (Å²) in [5.41, 5.74) is 1.21. The summed E-state index contributed by atoms with van der Waals surface area (Å²) < 4.78 is 58.2. The first-order valence-electron chi connectivity index (χ1n) is 9.30. The van der Waals surface area contributed by atoms with Crippen LogP contribution in [-0.2, 0) is 39.5 Å². The van der Waals surface area contributed by atoms with Crippen molar-refractivity contribution < 1.29 is 36.7 Å². The van der Waals surface area contributed by atoms with Crippen LogP contribution in [0.25, 0.3) is 0 Å². The van der Waals surface area contributed by atoms with E-state index in [1.54, 1.807) is 39.8 Å². The van der Waals surface area contributed by atoms with Crippen LogP contribution in [0.4, 0.5) is 0 Å². The predicted octanol–water partition coefficient (Wildman–Crippen LogP) is 5.24. The highest BCUT2D eigenvalue weighted by molar-refractivity contribution is 7.53. The van der Waals surface area contributed by atoms with Crippen LogP contribution in [0.3, 0.4) is 0 Å². The molecule has 8 nitrogen and oxygen atoms in total. The van der Waals surface area contributed by atoms with Crippen molar-refractivity contribution in [1.29, 1.82) is 0 Å². The van der Waals surface area contributed by atoms with Gasteiger partial charge in [-0.25, -0.2) is 0 Å². The number of hydrogen-bond acceptors (Lipinski definition) is 8. The molecule has 0 saturated carbocycles. The first-order chi connectivity index (χ1) is 13.3. The van der Waals surface area contributed by atoms with Gasteiger partial charge >= 0.3 is 15.2 Å². The molecule has 0 spiro atoms. The van der Waals surface area contributed by atoms with Crippen molar-refractivity contribution in [3.05, 3.63) is 23.3 Å². The molecule has 0 saturated heterocycles. The third-order valence-corrected chi connectivity index (χ3v) is 7.78. The molecule has 10 heteroatoms. The normalized spacial score (nSPS) is 12.2. The monoisotopic (exact) mass is 438 g/mol. The first kappa shape index (κ1) is 25.2. The lowest BCUT2D eigenvalue weighted by Crippen LogP contribution is -2.04. The molecule has 1 aromatic rings. The number of ether oxygens (including phenoxy) is 2. The summed E-state index contributed by atoms with van der Waals surface area (Å²) in [6.45, 7) is 8.08. The predicted molar refractivity (Wildman–Crippen MR) is 109 cm³/mol. The molecule has 1 aromatic carbocycles. The van der Waals surface area contributed by atoms with Crippen molar-refractivity contribution in [3.63, 3.8) is 0 Å². The first-order valence-corrected chi connectivity index (χ1v) is 12.8. The average Bonchev–Trinajstić information content (AvgIpc) is 2.63. The standard InChI is InChI=1S/C18H32O8P2/c1-7-23-27(19,24-8-2)13-15-11-18(22-6)16(12-17(15)21-5)14-28(20,25-9-3)26-10-4/h11-12H,7-10,13-14H2,1-6H3. The van der Waals surface area contributed by atoms with Gasteiger partial charge in [0.25, 0.3) is 0 Å². The molecule has 0 aliphatic rings. The number of hydrogen-bond donors (Lipinski definition) is 0. The molecule has 0 atom stereocenters.